The lowest BCUT2D eigenvalue weighted by molar-refractivity contribution is -0.144. The molecule has 1 amide bonds. The molecule has 0 aliphatic rings. The summed E-state index contributed by atoms with van der Waals surface area (Å²) >= 11 is 0. The van der Waals surface area contributed by atoms with Gasteiger partial charge in [0.2, 0.25) is 5.91 Å². The Morgan fingerprint density at radius 2 is 2.19 bits per heavy atom. The fourth-order valence-electron chi connectivity index (χ4n) is 2.29. The van der Waals surface area contributed by atoms with Gasteiger partial charge in [0.25, 0.3) is 0 Å². The number of nitrogens with zero attached hydrogens (tertiary/aromatic N) is 2. The molecule has 0 aliphatic carbocycles. The second-order valence-corrected chi connectivity index (χ2v) is 5.45. The monoisotopic (exact) mass is 289 g/mol. The van der Waals surface area contributed by atoms with Crippen LogP contribution < -0.4 is 0 Å². The zero-order chi connectivity index (χ0) is 15.4. The number of aromatic amines is 1. The number of hydrogen-bond acceptors (Lipinski definition) is 3. The molecule has 0 spiro atoms. The van der Waals surface area contributed by atoms with Crippen molar-refractivity contribution in [2.45, 2.75) is 20.3 Å². The van der Waals surface area contributed by atoms with Crippen LogP contribution in [0.1, 0.15) is 19.4 Å². The van der Waals surface area contributed by atoms with Gasteiger partial charge in [0, 0.05) is 24.3 Å². The summed E-state index contributed by atoms with van der Waals surface area (Å²) in [6.07, 6.45) is 3.61. The van der Waals surface area contributed by atoms with Gasteiger partial charge < -0.3 is 15.0 Å². The minimum atomic E-state index is -0.996. The number of aromatic nitrogens is 2. The van der Waals surface area contributed by atoms with E-state index >= 15 is 0 Å². The molecule has 0 aromatic carbocycles. The highest BCUT2D eigenvalue weighted by molar-refractivity contribution is 5.88. The molecule has 0 saturated carbocycles. The molecule has 2 N–H and O–H groups in total. The number of amides is 1. The van der Waals surface area contributed by atoms with Crippen LogP contribution in [0.4, 0.5) is 0 Å². The van der Waals surface area contributed by atoms with Crippen molar-refractivity contribution < 1.29 is 14.7 Å². The van der Waals surface area contributed by atoms with Gasteiger partial charge in [-0.05, 0) is 23.6 Å². The van der Waals surface area contributed by atoms with Gasteiger partial charge in [0.1, 0.15) is 12.2 Å². The number of rotatable bonds is 6. The van der Waals surface area contributed by atoms with Crippen LogP contribution in [0.2, 0.25) is 0 Å². The number of nitrogens with one attached hydrogen (secondary N) is 1. The normalized spacial score (nSPS) is 11.0. The van der Waals surface area contributed by atoms with Gasteiger partial charge in [-0.1, -0.05) is 13.8 Å². The van der Waals surface area contributed by atoms with E-state index in [2.05, 4.69) is 9.97 Å². The topological polar surface area (TPSA) is 86.3 Å². The first-order valence-corrected chi connectivity index (χ1v) is 6.88. The smallest absolute Gasteiger partial charge is 0.323 e. The molecule has 21 heavy (non-hydrogen) atoms. The van der Waals surface area contributed by atoms with Crippen LogP contribution in [-0.2, 0) is 16.0 Å². The maximum atomic E-state index is 12.4. The zero-order valence-electron chi connectivity index (χ0n) is 12.2. The van der Waals surface area contributed by atoms with Crippen molar-refractivity contribution >= 4 is 22.9 Å². The van der Waals surface area contributed by atoms with Crippen LogP contribution in [0.3, 0.4) is 0 Å². The molecule has 0 bridgehead atoms. The third kappa shape index (κ3) is 3.81. The van der Waals surface area contributed by atoms with Crippen LogP contribution in [0.15, 0.2) is 24.5 Å². The summed E-state index contributed by atoms with van der Waals surface area (Å²) in [6.45, 7) is 4.08. The fraction of sp³-hybridized carbons (Fsp3) is 0.400. The van der Waals surface area contributed by atoms with Gasteiger partial charge >= 0.3 is 5.97 Å². The molecule has 2 aromatic rings. The fourth-order valence-corrected chi connectivity index (χ4v) is 2.29. The van der Waals surface area contributed by atoms with Crippen LogP contribution in [-0.4, -0.2) is 44.9 Å². The molecule has 0 atom stereocenters. The number of carbonyl (C=O) groups excluding carboxylic acids is 1. The van der Waals surface area contributed by atoms with Crippen molar-refractivity contribution in [3.63, 3.8) is 0 Å². The second-order valence-electron chi connectivity index (χ2n) is 5.45. The number of H-pyrrole nitrogens is 1. The Balaban J connectivity index is 2.15. The molecule has 2 rings (SSSR count). The standard InChI is InChI=1S/C15H19N3O3/c1-10(2)8-18(9-14(20)21)13(19)6-11-7-17-15-12(11)4-3-5-16-15/h3-5,7,10H,6,8-9H2,1-2H3,(H,16,17)(H,20,21). The van der Waals surface area contributed by atoms with E-state index in [0.717, 1.165) is 16.6 Å². The number of aliphatic carboxylic acids is 1. The van der Waals surface area contributed by atoms with Gasteiger partial charge in [-0.15, -0.1) is 0 Å². The number of hydrogen-bond donors (Lipinski definition) is 2. The Labute approximate surface area is 122 Å². The van der Waals surface area contributed by atoms with Crippen LogP contribution >= 0.6 is 0 Å². The molecule has 0 unspecified atom stereocenters. The van der Waals surface area contributed by atoms with E-state index in [1.165, 1.54) is 4.90 Å². The van der Waals surface area contributed by atoms with Crippen molar-refractivity contribution in [2.24, 2.45) is 5.92 Å². The van der Waals surface area contributed by atoms with Crippen molar-refractivity contribution in [3.8, 4) is 0 Å². The van der Waals surface area contributed by atoms with Gasteiger partial charge in [-0.3, -0.25) is 9.59 Å². The van der Waals surface area contributed by atoms with Gasteiger partial charge in [0.05, 0.1) is 6.42 Å². The summed E-state index contributed by atoms with van der Waals surface area (Å²) in [5, 5.41) is 9.83. The Morgan fingerprint density at radius 3 is 2.86 bits per heavy atom. The lowest BCUT2D eigenvalue weighted by Crippen LogP contribution is -2.39. The molecule has 6 nitrogen and oxygen atoms in total. The van der Waals surface area contributed by atoms with E-state index in [1.807, 2.05) is 26.0 Å². The summed E-state index contributed by atoms with van der Waals surface area (Å²) in [7, 11) is 0. The van der Waals surface area contributed by atoms with Crippen LogP contribution in [0, 0.1) is 5.92 Å². The van der Waals surface area contributed by atoms with E-state index in [1.54, 1.807) is 12.4 Å². The summed E-state index contributed by atoms with van der Waals surface area (Å²) < 4.78 is 0. The Hall–Kier alpha value is -2.37. The molecule has 6 heteroatoms. The van der Waals surface area contributed by atoms with Gasteiger partial charge in [-0.2, -0.15) is 0 Å². The van der Waals surface area contributed by atoms with Crippen molar-refractivity contribution in [1.29, 1.82) is 0 Å². The molecule has 2 aromatic heterocycles. The summed E-state index contributed by atoms with van der Waals surface area (Å²) in [5.41, 5.74) is 1.57. The van der Waals surface area contributed by atoms with Gasteiger partial charge in [-0.25, -0.2) is 4.98 Å². The molecule has 112 valence electrons. The second kappa shape index (κ2) is 6.39. The SMILES string of the molecule is CC(C)CN(CC(=O)O)C(=O)Cc1c[nH]c2ncccc12. The Kier molecular flexibility index (Phi) is 4.57. The average molecular weight is 289 g/mol. The molecule has 0 fully saturated rings. The Bertz CT molecular complexity index is 648. The largest absolute Gasteiger partial charge is 0.480 e. The van der Waals surface area contributed by atoms with Gasteiger partial charge in [0.15, 0.2) is 0 Å². The lowest BCUT2D eigenvalue weighted by Gasteiger charge is -2.22. The average Bonchev–Trinajstić information content (AvgIpc) is 2.80. The number of carboxylic acid groups (broad SMARTS) is 1. The molecular weight excluding hydrogens is 270 g/mol. The number of carboxylic acids is 1. The number of fused-ring (bicyclic) bond motifs is 1. The van der Waals surface area contributed by atoms with Crippen molar-refractivity contribution in [1.82, 2.24) is 14.9 Å². The van der Waals surface area contributed by atoms with E-state index < -0.39 is 5.97 Å². The first-order chi connectivity index (χ1) is 9.97. The van der Waals surface area contributed by atoms with E-state index in [-0.39, 0.29) is 24.8 Å². The third-order valence-corrected chi connectivity index (χ3v) is 3.14. The predicted molar refractivity (Wildman–Crippen MR) is 78.9 cm³/mol. The van der Waals surface area contributed by atoms with E-state index in [9.17, 15) is 9.59 Å². The highest BCUT2D eigenvalue weighted by atomic mass is 16.4. The van der Waals surface area contributed by atoms with Crippen LogP contribution in [0.5, 0.6) is 0 Å². The molecule has 0 aliphatic heterocycles. The number of pyridine rings is 1. The van der Waals surface area contributed by atoms with E-state index in [4.69, 9.17) is 5.11 Å². The summed E-state index contributed by atoms with van der Waals surface area (Å²) in [5.74, 6) is -0.960. The minimum Gasteiger partial charge on any atom is -0.480 e. The molecule has 0 radical (unpaired) electrons. The Morgan fingerprint density at radius 1 is 1.43 bits per heavy atom. The van der Waals surface area contributed by atoms with Crippen LogP contribution in [0.25, 0.3) is 11.0 Å². The maximum absolute atomic E-state index is 12.4. The highest BCUT2D eigenvalue weighted by Gasteiger charge is 2.19. The quantitative estimate of drug-likeness (QED) is 0.847. The first-order valence-electron chi connectivity index (χ1n) is 6.88. The third-order valence-electron chi connectivity index (χ3n) is 3.14. The molecule has 0 saturated heterocycles. The molecule has 2 heterocycles. The summed E-state index contributed by atoms with van der Waals surface area (Å²) in [4.78, 5) is 31.8. The minimum absolute atomic E-state index is 0.172. The van der Waals surface area contributed by atoms with Crippen molar-refractivity contribution in [3.05, 3.63) is 30.1 Å². The number of carbonyl (C=O) groups is 2. The summed E-state index contributed by atoms with van der Waals surface area (Å²) in [6, 6.07) is 3.71. The van der Waals surface area contributed by atoms with E-state index in [0.29, 0.717) is 6.54 Å². The maximum Gasteiger partial charge on any atom is 0.323 e. The lowest BCUT2D eigenvalue weighted by atomic mass is 10.1. The highest BCUT2D eigenvalue weighted by Crippen LogP contribution is 2.17. The predicted octanol–water partition coefficient (Wildman–Crippen LogP) is 1.67. The molecular formula is C15H19N3O3. The van der Waals surface area contributed by atoms with Crippen molar-refractivity contribution in [2.75, 3.05) is 13.1 Å². The first kappa shape index (κ1) is 15.0. The zero-order valence-corrected chi connectivity index (χ0v) is 12.2.